The monoisotopic (exact) mass is 295 g/mol. The molecule has 3 aliphatic rings. The maximum absolute atomic E-state index is 12.3. The topological polar surface area (TPSA) is 37.5 Å². The molecule has 0 aromatic heterocycles. The van der Waals surface area contributed by atoms with E-state index in [1.54, 1.807) is 0 Å². The van der Waals surface area contributed by atoms with Gasteiger partial charge in [-0.25, -0.2) is 0 Å². The number of rotatable bonds is 6. The first kappa shape index (κ1) is 14.6. The second-order valence-electron chi connectivity index (χ2n) is 5.87. The third-order valence-electron chi connectivity index (χ3n) is 4.10. The van der Waals surface area contributed by atoms with Crippen molar-refractivity contribution < 1.29 is 27.4 Å². The number of nitrogens with zero attached hydrogens (tertiary/aromatic N) is 1. The summed E-state index contributed by atoms with van der Waals surface area (Å²) in [7, 11) is 0. The molecule has 0 aromatic carbocycles. The van der Waals surface area contributed by atoms with Crippen LogP contribution < -0.4 is 0 Å². The van der Waals surface area contributed by atoms with E-state index in [1.807, 2.05) is 0 Å². The predicted molar refractivity (Wildman–Crippen MR) is 64.2 cm³/mol. The molecule has 0 aromatic rings. The minimum Gasteiger partial charge on any atom is -0.372 e. The number of hydrogen-bond donors (Lipinski definition) is 0. The quantitative estimate of drug-likeness (QED) is 0.702. The van der Waals surface area contributed by atoms with Crippen LogP contribution in [0.15, 0.2) is 0 Å². The normalized spacial score (nSPS) is 37.2. The molecule has 3 fully saturated rings. The molecule has 0 spiro atoms. The Morgan fingerprint density at radius 2 is 1.65 bits per heavy atom. The molecular formula is C13H20F3NO3. The third-order valence-corrected chi connectivity index (χ3v) is 4.10. The highest BCUT2D eigenvalue weighted by molar-refractivity contribution is 4.88. The zero-order valence-corrected chi connectivity index (χ0v) is 11.3. The van der Waals surface area contributed by atoms with Crippen molar-refractivity contribution in [2.24, 2.45) is 0 Å². The summed E-state index contributed by atoms with van der Waals surface area (Å²) in [6.45, 7) is 3.11. The first-order valence-electron chi connectivity index (χ1n) is 7.21. The second kappa shape index (κ2) is 5.79. The molecule has 0 amide bonds. The third kappa shape index (κ3) is 4.58. The van der Waals surface area contributed by atoms with Crippen molar-refractivity contribution in [2.75, 3.05) is 26.3 Å². The van der Waals surface area contributed by atoms with Crippen LogP contribution in [0.4, 0.5) is 13.2 Å². The van der Waals surface area contributed by atoms with Gasteiger partial charge in [0.1, 0.15) is 0 Å². The molecule has 7 heteroatoms. The Kier molecular flexibility index (Phi) is 4.21. The fraction of sp³-hybridized carbons (Fsp3) is 1.00. The summed E-state index contributed by atoms with van der Waals surface area (Å²) in [5.74, 6) is 0. The number of halogens is 3. The van der Waals surface area contributed by atoms with Gasteiger partial charge in [-0.2, -0.15) is 0 Å². The fourth-order valence-corrected chi connectivity index (χ4v) is 2.99. The molecule has 2 heterocycles. The van der Waals surface area contributed by atoms with Gasteiger partial charge in [-0.15, -0.1) is 13.2 Å². The molecular weight excluding hydrogens is 275 g/mol. The van der Waals surface area contributed by atoms with E-state index < -0.39 is 12.5 Å². The molecule has 1 saturated carbocycles. The lowest BCUT2D eigenvalue weighted by Crippen LogP contribution is -2.45. The van der Waals surface area contributed by atoms with E-state index in [4.69, 9.17) is 9.47 Å². The number of ether oxygens (including phenoxy) is 3. The summed E-state index contributed by atoms with van der Waals surface area (Å²) in [6.07, 6.45) is -2.11. The van der Waals surface area contributed by atoms with Gasteiger partial charge < -0.3 is 9.47 Å². The Morgan fingerprint density at radius 1 is 1.05 bits per heavy atom. The molecule has 4 nitrogen and oxygen atoms in total. The SMILES string of the molecule is FC(F)(F)OC1CCCC(N(CC2CO2)CC2CO2)C1. The largest absolute Gasteiger partial charge is 0.522 e. The zero-order valence-electron chi connectivity index (χ0n) is 11.3. The van der Waals surface area contributed by atoms with Gasteiger partial charge in [0.15, 0.2) is 0 Å². The molecule has 0 N–H and O–H groups in total. The molecule has 116 valence electrons. The highest BCUT2D eigenvalue weighted by Gasteiger charge is 2.39. The molecule has 2 saturated heterocycles. The second-order valence-corrected chi connectivity index (χ2v) is 5.87. The van der Waals surface area contributed by atoms with Gasteiger partial charge >= 0.3 is 6.36 Å². The summed E-state index contributed by atoms with van der Waals surface area (Å²) in [5.41, 5.74) is 0. The summed E-state index contributed by atoms with van der Waals surface area (Å²) >= 11 is 0. The van der Waals surface area contributed by atoms with Crippen molar-refractivity contribution in [1.29, 1.82) is 0 Å². The highest BCUT2D eigenvalue weighted by Crippen LogP contribution is 2.31. The van der Waals surface area contributed by atoms with Crippen LogP contribution >= 0.6 is 0 Å². The summed E-state index contributed by atoms with van der Waals surface area (Å²) in [6, 6.07) is 0.143. The Bertz CT molecular complexity index is 317. The molecule has 2 aliphatic heterocycles. The van der Waals surface area contributed by atoms with E-state index in [-0.39, 0.29) is 18.2 Å². The minimum atomic E-state index is -4.53. The molecule has 1 aliphatic carbocycles. The molecule has 4 atom stereocenters. The van der Waals surface area contributed by atoms with Crippen LogP contribution in [0, 0.1) is 0 Å². The van der Waals surface area contributed by atoms with Gasteiger partial charge in [0.05, 0.1) is 31.5 Å². The fourth-order valence-electron chi connectivity index (χ4n) is 2.99. The zero-order chi connectivity index (χ0) is 14.2. The van der Waals surface area contributed by atoms with Crippen LogP contribution in [0.5, 0.6) is 0 Å². The van der Waals surface area contributed by atoms with Crippen LogP contribution in [0.25, 0.3) is 0 Å². The van der Waals surface area contributed by atoms with Crippen LogP contribution in [0.3, 0.4) is 0 Å². The minimum absolute atomic E-state index is 0.143. The first-order chi connectivity index (χ1) is 9.49. The number of epoxide rings is 2. The van der Waals surface area contributed by atoms with Gasteiger partial charge in [-0.3, -0.25) is 9.64 Å². The number of hydrogen-bond acceptors (Lipinski definition) is 4. The van der Waals surface area contributed by atoms with E-state index in [0.717, 1.165) is 39.1 Å². The van der Waals surface area contributed by atoms with Gasteiger partial charge in [-0.1, -0.05) is 0 Å². The lowest BCUT2D eigenvalue weighted by molar-refractivity contribution is -0.346. The van der Waals surface area contributed by atoms with Crippen LogP contribution in [0.1, 0.15) is 25.7 Å². The van der Waals surface area contributed by atoms with E-state index in [1.165, 1.54) is 0 Å². The smallest absolute Gasteiger partial charge is 0.372 e. The van der Waals surface area contributed by atoms with Gasteiger partial charge in [0, 0.05) is 19.1 Å². The highest BCUT2D eigenvalue weighted by atomic mass is 19.4. The lowest BCUT2D eigenvalue weighted by Gasteiger charge is -2.37. The Hall–Kier alpha value is -0.370. The van der Waals surface area contributed by atoms with Crippen molar-refractivity contribution in [3.8, 4) is 0 Å². The van der Waals surface area contributed by atoms with Crippen molar-refractivity contribution in [3.05, 3.63) is 0 Å². The Balaban J connectivity index is 1.54. The van der Waals surface area contributed by atoms with Gasteiger partial charge in [0.25, 0.3) is 0 Å². The molecule has 20 heavy (non-hydrogen) atoms. The van der Waals surface area contributed by atoms with Gasteiger partial charge in [-0.05, 0) is 25.7 Å². The maximum atomic E-state index is 12.3. The first-order valence-corrected chi connectivity index (χ1v) is 7.21. The van der Waals surface area contributed by atoms with Crippen molar-refractivity contribution >= 4 is 0 Å². The molecule has 4 unspecified atom stereocenters. The average Bonchev–Trinajstić information content (AvgIpc) is 3.21. The van der Waals surface area contributed by atoms with Crippen molar-refractivity contribution in [3.63, 3.8) is 0 Å². The van der Waals surface area contributed by atoms with Crippen molar-refractivity contribution in [2.45, 2.75) is 56.4 Å². The van der Waals surface area contributed by atoms with Gasteiger partial charge in [0.2, 0.25) is 0 Å². The van der Waals surface area contributed by atoms with Crippen molar-refractivity contribution in [1.82, 2.24) is 4.90 Å². The van der Waals surface area contributed by atoms with E-state index in [9.17, 15) is 13.2 Å². The lowest BCUT2D eigenvalue weighted by atomic mass is 9.91. The Morgan fingerprint density at radius 3 is 2.15 bits per heavy atom. The molecule has 3 rings (SSSR count). The maximum Gasteiger partial charge on any atom is 0.522 e. The standard InChI is InChI=1S/C13H20F3NO3/c14-13(15,16)20-10-3-1-2-9(4-10)17(5-11-7-18-11)6-12-8-19-12/h9-12H,1-8H2. The summed E-state index contributed by atoms with van der Waals surface area (Å²) in [4.78, 5) is 2.24. The summed E-state index contributed by atoms with van der Waals surface area (Å²) in [5, 5.41) is 0. The predicted octanol–water partition coefficient (Wildman–Crippen LogP) is 1.93. The van der Waals surface area contributed by atoms with E-state index in [2.05, 4.69) is 9.64 Å². The van der Waals surface area contributed by atoms with E-state index in [0.29, 0.717) is 12.8 Å². The number of alkyl halides is 3. The molecule has 0 radical (unpaired) electrons. The Labute approximate surface area is 116 Å². The van der Waals surface area contributed by atoms with E-state index >= 15 is 0 Å². The van der Waals surface area contributed by atoms with Crippen LogP contribution in [0.2, 0.25) is 0 Å². The van der Waals surface area contributed by atoms with Crippen LogP contribution in [-0.2, 0) is 14.2 Å². The average molecular weight is 295 g/mol. The van der Waals surface area contributed by atoms with Crippen LogP contribution in [-0.4, -0.2) is 61.9 Å². The summed E-state index contributed by atoms with van der Waals surface area (Å²) < 4.78 is 51.7. The molecule has 0 bridgehead atoms.